The molecule has 7 nitrogen and oxygen atoms in total. The Morgan fingerprint density at radius 1 is 1.24 bits per heavy atom. The minimum atomic E-state index is -3.75. The minimum Gasteiger partial charge on any atom is -0.463 e. The highest BCUT2D eigenvalue weighted by molar-refractivity contribution is 7.86. The summed E-state index contributed by atoms with van der Waals surface area (Å²) in [6, 6.07) is 1.54. The maximum atomic E-state index is 12.8. The van der Waals surface area contributed by atoms with E-state index in [0.717, 1.165) is 28.5 Å². The molecule has 1 aliphatic rings. The van der Waals surface area contributed by atoms with Gasteiger partial charge >= 0.3 is 5.97 Å². The molecule has 25 heavy (non-hydrogen) atoms. The van der Waals surface area contributed by atoms with Crippen molar-refractivity contribution in [3.05, 3.63) is 28.3 Å². The lowest BCUT2D eigenvalue weighted by atomic mass is 9.96. The topological polar surface area (TPSA) is 90.0 Å². The van der Waals surface area contributed by atoms with Gasteiger partial charge in [-0.2, -0.15) is 8.42 Å². The predicted molar refractivity (Wildman–Crippen MR) is 93.0 cm³/mol. The molecule has 0 aromatic heterocycles. The van der Waals surface area contributed by atoms with Gasteiger partial charge in [-0.3, -0.25) is 13.8 Å². The lowest BCUT2D eigenvalue weighted by Gasteiger charge is -2.31. The van der Waals surface area contributed by atoms with E-state index in [4.69, 9.17) is 4.74 Å². The Balaban J connectivity index is 2.49. The molecule has 8 heteroatoms. The van der Waals surface area contributed by atoms with Crippen LogP contribution in [0.5, 0.6) is 0 Å². The molecule has 0 spiro atoms. The predicted octanol–water partition coefficient (Wildman–Crippen LogP) is 1.54. The highest BCUT2D eigenvalue weighted by Gasteiger charge is 2.35. The second kappa shape index (κ2) is 7.13. The summed E-state index contributed by atoms with van der Waals surface area (Å²) in [5, 5.41) is 0. The number of carbonyl (C=O) groups excluding carboxylic acids is 2. The van der Waals surface area contributed by atoms with Crippen molar-refractivity contribution in [3.63, 3.8) is 0 Å². The van der Waals surface area contributed by atoms with Crippen molar-refractivity contribution in [2.45, 2.75) is 40.2 Å². The van der Waals surface area contributed by atoms with E-state index < -0.39 is 28.7 Å². The summed E-state index contributed by atoms with van der Waals surface area (Å²) in [5.41, 5.74) is 4.49. The zero-order valence-electron chi connectivity index (χ0n) is 15.1. The molecular formula is C17H23NO6S. The summed E-state index contributed by atoms with van der Waals surface area (Å²) in [6.07, 6.45) is 0.955. The van der Waals surface area contributed by atoms with Crippen LogP contribution in [0.4, 0.5) is 5.69 Å². The Kier molecular flexibility index (Phi) is 5.53. The normalized spacial score (nSPS) is 17.5. The van der Waals surface area contributed by atoms with Crippen molar-refractivity contribution in [3.8, 4) is 0 Å². The highest BCUT2D eigenvalue weighted by atomic mass is 32.2. The summed E-state index contributed by atoms with van der Waals surface area (Å²) in [4.78, 5) is 25.8. The van der Waals surface area contributed by atoms with E-state index in [0.29, 0.717) is 5.69 Å². The minimum absolute atomic E-state index is 0.0660. The Hall–Kier alpha value is -1.93. The second-order valence-corrected chi connectivity index (χ2v) is 8.02. The lowest BCUT2D eigenvalue weighted by Crippen LogP contribution is -2.44. The fourth-order valence-electron chi connectivity index (χ4n) is 2.96. The SMILES string of the molecule is Cc1cc(C)c(C)c(N(C(=O)COS(C)(=O)=O)C2COC(=O)C2)c1C. The number of esters is 1. The molecule has 1 heterocycles. The van der Waals surface area contributed by atoms with Gasteiger partial charge in [0, 0.05) is 0 Å². The first-order valence-electron chi connectivity index (χ1n) is 7.90. The molecule has 1 amide bonds. The van der Waals surface area contributed by atoms with Gasteiger partial charge in [0.15, 0.2) is 0 Å². The second-order valence-electron chi connectivity index (χ2n) is 6.38. The van der Waals surface area contributed by atoms with Gasteiger partial charge in [0.25, 0.3) is 16.0 Å². The van der Waals surface area contributed by atoms with Crippen molar-refractivity contribution < 1.29 is 26.9 Å². The Morgan fingerprint density at radius 2 is 1.80 bits per heavy atom. The third-order valence-corrected chi connectivity index (χ3v) is 4.98. The van der Waals surface area contributed by atoms with Crippen LogP contribution in [0.25, 0.3) is 0 Å². The van der Waals surface area contributed by atoms with Gasteiger partial charge in [-0.1, -0.05) is 6.07 Å². The van der Waals surface area contributed by atoms with E-state index in [1.54, 1.807) is 0 Å². The van der Waals surface area contributed by atoms with Crippen LogP contribution in [-0.4, -0.2) is 45.8 Å². The van der Waals surface area contributed by atoms with Gasteiger partial charge in [0.1, 0.15) is 13.2 Å². The molecule has 0 N–H and O–H groups in total. The Bertz CT molecular complexity index is 789. The third-order valence-electron chi connectivity index (χ3n) is 4.44. The molecule has 2 rings (SSSR count). The van der Waals surface area contributed by atoms with Crippen LogP contribution in [0.2, 0.25) is 0 Å². The van der Waals surface area contributed by atoms with Crippen LogP contribution in [0.15, 0.2) is 6.07 Å². The zero-order chi connectivity index (χ0) is 18.9. The monoisotopic (exact) mass is 369 g/mol. The van der Waals surface area contributed by atoms with Crippen LogP contribution in [0.1, 0.15) is 28.7 Å². The van der Waals surface area contributed by atoms with Gasteiger partial charge in [-0.15, -0.1) is 0 Å². The fourth-order valence-corrected chi connectivity index (χ4v) is 3.28. The molecule has 1 aromatic carbocycles. The number of aryl methyl sites for hydroxylation is 2. The molecular weight excluding hydrogens is 346 g/mol. The maximum absolute atomic E-state index is 12.8. The summed E-state index contributed by atoms with van der Waals surface area (Å²) < 4.78 is 32.2. The van der Waals surface area contributed by atoms with E-state index in [-0.39, 0.29) is 19.0 Å². The average molecular weight is 369 g/mol. The molecule has 1 aromatic rings. The van der Waals surface area contributed by atoms with Gasteiger partial charge in [-0.05, 0) is 49.9 Å². The molecule has 0 aliphatic carbocycles. The van der Waals surface area contributed by atoms with Crippen molar-refractivity contribution in [1.29, 1.82) is 0 Å². The molecule has 1 atom stereocenters. The summed E-state index contributed by atoms with van der Waals surface area (Å²) in [7, 11) is -3.75. The third kappa shape index (κ3) is 4.38. The van der Waals surface area contributed by atoms with E-state index >= 15 is 0 Å². The number of nitrogens with zero attached hydrogens (tertiary/aromatic N) is 1. The zero-order valence-corrected chi connectivity index (χ0v) is 15.9. The van der Waals surface area contributed by atoms with Gasteiger partial charge in [-0.25, -0.2) is 0 Å². The first kappa shape index (κ1) is 19.4. The molecule has 1 unspecified atom stereocenters. The number of anilines is 1. The van der Waals surface area contributed by atoms with E-state index in [1.165, 1.54) is 4.90 Å². The molecule has 1 fully saturated rings. The fraction of sp³-hybridized carbons (Fsp3) is 0.529. The van der Waals surface area contributed by atoms with Crippen molar-refractivity contribution in [2.24, 2.45) is 0 Å². The number of hydrogen-bond acceptors (Lipinski definition) is 6. The maximum Gasteiger partial charge on any atom is 0.308 e. The van der Waals surface area contributed by atoms with Gasteiger partial charge in [0.2, 0.25) is 0 Å². The van der Waals surface area contributed by atoms with Crippen LogP contribution < -0.4 is 4.90 Å². The molecule has 0 radical (unpaired) electrons. The Morgan fingerprint density at radius 3 is 2.24 bits per heavy atom. The molecule has 138 valence electrons. The van der Waals surface area contributed by atoms with Gasteiger partial charge in [0.05, 0.1) is 24.4 Å². The summed E-state index contributed by atoms with van der Waals surface area (Å²) in [6.45, 7) is 7.14. The molecule has 1 saturated heterocycles. The molecule has 0 bridgehead atoms. The van der Waals surface area contributed by atoms with Crippen molar-refractivity contribution in [1.82, 2.24) is 0 Å². The van der Waals surface area contributed by atoms with Crippen molar-refractivity contribution >= 4 is 27.7 Å². The summed E-state index contributed by atoms with van der Waals surface area (Å²) in [5.74, 6) is -0.906. The first-order valence-corrected chi connectivity index (χ1v) is 9.72. The van der Waals surface area contributed by atoms with E-state index in [1.807, 2.05) is 33.8 Å². The molecule has 1 aliphatic heterocycles. The average Bonchev–Trinajstić information content (AvgIpc) is 2.92. The van der Waals surface area contributed by atoms with E-state index in [9.17, 15) is 18.0 Å². The summed E-state index contributed by atoms with van der Waals surface area (Å²) >= 11 is 0. The highest BCUT2D eigenvalue weighted by Crippen LogP contribution is 2.33. The van der Waals surface area contributed by atoms with Crippen molar-refractivity contribution in [2.75, 3.05) is 24.4 Å². The number of amides is 1. The largest absolute Gasteiger partial charge is 0.463 e. The van der Waals surface area contributed by atoms with Gasteiger partial charge < -0.3 is 9.64 Å². The van der Waals surface area contributed by atoms with Crippen LogP contribution in [0, 0.1) is 27.7 Å². The number of hydrogen-bond donors (Lipinski definition) is 0. The Labute approximate surface area is 148 Å². The standard InChI is InChI=1S/C17H23NO6S/c1-10-6-11(2)13(4)17(12(10)3)18(14-7-16(20)23-8-14)15(19)9-24-25(5,21)22/h6,14H,7-9H2,1-5H3. The van der Waals surface area contributed by atoms with Crippen LogP contribution in [0.3, 0.4) is 0 Å². The van der Waals surface area contributed by atoms with Crippen LogP contribution >= 0.6 is 0 Å². The first-order chi connectivity index (χ1) is 11.5. The number of benzene rings is 1. The quantitative estimate of drug-likeness (QED) is 0.578. The number of ether oxygens (including phenoxy) is 1. The number of cyclic esters (lactones) is 1. The van der Waals surface area contributed by atoms with E-state index in [2.05, 4.69) is 4.18 Å². The lowest BCUT2D eigenvalue weighted by molar-refractivity contribution is -0.138. The molecule has 0 saturated carbocycles. The smallest absolute Gasteiger partial charge is 0.308 e. The number of rotatable bonds is 5. The number of carbonyl (C=O) groups is 2. The van der Waals surface area contributed by atoms with Crippen LogP contribution in [-0.2, 0) is 28.6 Å².